The van der Waals surface area contributed by atoms with Crippen molar-refractivity contribution >= 4 is 17.8 Å². The van der Waals surface area contributed by atoms with Gasteiger partial charge in [-0.2, -0.15) is 0 Å². The maximum Gasteiger partial charge on any atom is 0.326 e. The summed E-state index contributed by atoms with van der Waals surface area (Å²) in [6.07, 6.45) is -0.752. The number of aliphatic carboxylic acids is 2. The summed E-state index contributed by atoms with van der Waals surface area (Å²) < 4.78 is 0. The maximum absolute atomic E-state index is 11.6. The number of nitrogens with one attached hydrogen (secondary N) is 2. The van der Waals surface area contributed by atoms with Crippen LogP contribution in [0.15, 0.2) is 23.0 Å². The van der Waals surface area contributed by atoms with Gasteiger partial charge in [0.05, 0.1) is 6.42 Å². The molecule has 0 spiro atoms. The third-order valence-electron chi connectivity index (χ3n) is 2.00. The maximum atomic E-state index is 11.6. The minimum absolute atomic E-state index is 0.140. The Hall–Kier alpha value is -2.64. The molecule has 1 atom stereocenters. The number of carboxylic acid groups (broad SMARTS) is 2. The van der Waals surface area contributed by atoms with Crippen molar-refractivity contribution in [3.8, 4) is 0 Å². The summed E-state index contributed by atoms with van der Waals surface area (Å²) in [4.78, 5) is 45.8. The fourth-order valence-corrected chi connectivity index (χ4v) is 1.19. The number of rotatable bonds is 5. The molecule has 0 radical (unpaired) electrons. The molecule has 0 saturated heterocycles. The molecule has 96 valence electrons. The van der Waals surface area contributed by atoms with E-state index in [1.54, 1.807) is 0 Å². The lowest BCUT2D eigenvalue weighted by molar-refractivity contribution is -0.145. The highest BCUT2D eigenvalue weighted by Crippen LogP contribution is 1.97. The largest absolute Gasteiger partial charge is 0.481 e. The molecule has 1 rings (SSSR count). The molecule has 1 amide bonds. The zero-order valence-corrected chi connectivity index (χ0v) is 9.04. The number of carbonyl (C=O) groups is 3. The summed E-state index contributed by atoms with van der Waals surface area (Å²) in [6.45, 7) is 0. The van der Waals surface area contributed by atoms with Crippen LogP contribution in [0.25, 0.3) is 0 Å². The highest BCUT2D eigenvalue weighted by atomic mass is 16.4. The van der Waals surface area contributed by atoms with E-state index < -0.39 is 35.9 Å². The number of hydrogen-bond donors (Lipinski definition) is 4. The van der Waals surface area contributed by atoms with Gasteiger partial charge in [0.2, 0.25) is 5.56 Å². The summed E-state index contributed by atoms with van der Waals surface area (Å²) in [7, 11) is 0. The number of amides is 1. The first-order valence-electron chi connectivity index (χ1n) is 4.85. The molecule has 0 fully saturated rings. The minimum atomic E-state index is -1.56. The fourth-order valence-electron chi connectivity index (χ4n) is 1.19. The number of hydrogen-bond acceptors (Lipinski definition) is 4. The van der Waals surface area contributed by atoms with Gasteiger partial charge in [-0.25, -0.2) is 4.79 Å². The summed E-state index contributed by atoms with van der Waals surface area (Å²) in [5.74, 6) is -3.69. The first-order valence-corrected chi connectivity index (χ1v) is 4.85. The molecular formula is C10H10N2O6. The van der Waals surface area contributed by atoms with Gasteiger partial charge in [-0.1, -0.05) is 6.07 Å². The minimum Gasteiger partial charge on any atom is -0.481 e. The van der Waals surface area contributed by atoms with Gasteiger partial charge in [0.25, 0.3) is 5.91 Å². The quantitative estimate of drug-likeness (QED) is 0.533. The molecule has 0 bridgehead atoms. The van der Waals surface area contributed by atoms with E-state index in [-0.39, 0.29) is 5.69 Å². The van der Waals surface area contributed by atoms with Gasteiger partial charge < -0.3 is 20.5 Å². The van der Waals surface area contributed by atoms with Gasteiger partial charge in [-0.3, -0.25) is 14.4 Å². The Bertz CT molecular complexity index is 535. The van der Waals surface area contributed by atoms with Crippen LogP contribution in [0.4, 0.5) is 0 Å². The number of carbonyl (C=O) groups excluding carboxylic acids is 1. The molecule has 1 aromatic rings. The standard InChI is InChI=1S/C10H10N2O6/c13-7-3-1-2-5(11-7)9(16)12-6(10(17)18)4-8(14)15/h1-3,6H,4H2,(H,11,13)(H,12,16)(H,14,15)(H,17,18). The average Bonchev–Trinajstić information content (AvgIpc) is 2.27. The molecule has 8 heteroatoms. The first kappa shape index (κ1) is 13.4. The van der Waals surface area contributed by atoms with Crippen molar-refractivity contribution < 1.29 is 24.6 Å². The number of carboxylic acids is 2. The predicted octanol–water partition coefficient (Wildman–Crippen LogP) is -0.967. The lowest BCUT2D eigenvalue weighted by Gasteiger charge is -2.11. The van der Waals surface area contributed by atoms with Gasteiger partial charge in [-0.15, -0.1) is 0 Å². The summed E-state index contributed by atoms with van der Waals surface area (Å²) in [5.41, 5.74) is -0.660. The van der Waals surface area contributed by atoms with E-state index >= 15 is 0 Å². The van der Waals surface area contributed by atoms with E-state index in [4.69, 9.17) is 10.2 Å². The number of H-pyrrole nitrogens is 1. The molecule has 0 saturated carbocycles. The van der Waals surface area contributed by atoms with Crippen LogP contribution in [0.2, 0.25) is 0 Å². The number of aromatic nitrogens is 1. The lowest BCUT2D eigenvalue weighted by Crippen LogP contribution is -2.42. The Labute approximate surface area is 100 Å². The monoisotopic (exact) mass is 254 g/mol. The Morgan fingerprint density at radius 1 is 1.28 bits per heavy atom. The molecule has 0 aliphatic rings. The van der Waals surface area contributed by atoms with Crippen molar-refractivity contribution in [2.24, 2.45) is 0 Å². The molecule has 0 aliphatic heterocycles. The van der Waals surface area contributed by atoms with Crippen LogP contribution in [0.3, 0.4) is 0 Å². The first-order chi connectivity index (χ1) is 8.40. The van der Waals surface area contributed by atoms with Crippen molar-refractivity contribution in [2.75, 3.05) is 0 Å². The highest BCUT2D eigenvalue weighted by molar-refractivity contribution is 5.95. The lowest BCUT2D eigenvalue weighted by atomic mass is 10.2. The van der Waals surface area contributed by atoms with E-state index in [0.29, 0.717) is 0 Å². The van der Waals surface area contributed by atoms with Gasteiger partial charge in [0, 0.05) is 6.07 Å². The van der Waals surface area contributed by atoms with E-state index in [1.165, 1.54) is 18.2 Å². The Kier molecular flexibility index (Phi) is 4.19. The molecule has 1 aromatic heterocycles. The molecule has 0 aliphatic carbocycles. The van der Waals surface area contributed by atoms with E-state index in [9.17, 15) is 19.2 Å². The zero-order chi connectivity index (χ0) is 13.7. The van der Waals surface area contributed by atoms with E-state index in [1.807, 2.05) is 5.32 Å². The smallest absolute Gasteiger partial charge is 0.326 e. The zero-order valence-electron chi connectivity index (χ0n) is 9.04. The van der Waals surface area contributed by atoms with Gasteiger partial charge >= 0.3 is 11.9 Å². The third-order valence-corrected chi connectivity index (χ3v) is 2.00. The average molecular weight is 254 g/mol. The van der Waals surface area contributed by atoms with E-state index in [0.717, 1.165) is 0 Å². The fraction of sp³-hybridized carbons (Fsp3) is 0.200. The molecule has 8 nitrogen and oxygen atoms in total. The topological polar surface area (TPSA) is 137 Å². The Morgan fingerprint density at radius 2 is 1.94 bits per heavy atom. The molecule has 1 unspecified atom stereocenters. The van der Waals surface area contributed by atoms with Crippen LogP contribution in [-0.2, 0) is 9.59 Å². The van der Waals surface area contributed by atoms with Crippen molar-refractivity contribution in [1.82, 2.24) is 10.3 Å². The van der Waals surface area contributed by atoms with Crippen molar-refractivity contribution in [2.45, 2.75) is 12.5 Å². The third kappa shape index (κ3) is 3.74. The van der Waals surface area contributed by atoms with E-state index in [2.05, 4.69) is 4.98 Å². The summed E-state index contributed by atoms with van der Waals surface area (Å²) in [6, 6.07) is 2.22. The molecule has 18 heavy (non-hydrogen) atoms. The molecule has 1 heterocycles. The van der Waals surface area contributed by atoms with Crippen LogP contribution in [-0.4, -0.2) is 39.1 Å². The summed E-state index contributed by atoms with van der Waals surface area (Å²) in [5, 5.41) is 19.2. The Morgan fingerprint density at radius 3 is 2.44 bits per heavy atom. The molecule has 4 N–H and O–H groups in total. The second kappa shape index (κ2) is 5.62. The summed E-state index contributed by atoms with van der Waals surface area (Å²) >= 11 is 0. The van der Waals surface area contributed by atoms with Crippen LogP contribution in [0, 0.1) is 0 Å². The van der Waals surface area contributed by atoms with Gasteiger partial charge in [0.15, 0.2) is 0 Å². The van der Waals surface area contributed by atoms with Crippen molar-refractivity contribution in [3.05, 3.63) is 34.2 Å². The second-order valence-electron chi connectivity index (χ2n) is 3.39. The van der Waals surface area contributed by atoms with Crippen molar-refractivity contribution in [3.63, 3.8) is 0 Å². The van der Waals surface area contributed by atoms with Crippen LogP contribution < -0.4 is 10.9 Å². The highest BCUT2D eigenvalue weighted by Gasteiger charge is 2.23. The Balaban J connectivity index is 2.81. The van der Waals surface area contributed by atoms with Gasteiger partial charge in [0.1, 0.15) is 11.7 Å². The number of aromatic amines is 1. The molecule has 0 aromatic carbocycles. The second-order valence-corrected chi connectivity index (χ2v) is 3.39. The van der Waals surface area contributed by atoms with Crippen LogP contribution in [0.1, 0.15) is 16.9 Å². The predicted molar refractivity (Wildman–Crippen MR) is 58.2 cm³/mol. The number of pyridine rings is 1. The van der Waals surface area contributed by atoms with Crippen LogP contribution >= 0.6 is 0 Å². The SMILES string of the molecule is O=C(O)CC(NC(=O)c1cccc(=O)[nH]1)C(=O)O. The molecular weight excluding hydrogens is 244 g/mol. The van der Waals surface area contributed by atoms with Gasteiger partial charge in [-0.05, 0) is 6.07 Å². The normalized spacial score (nSPS) is 11.6. The van der Waals surface area contributed by atoms with Crippen LogP contribution in [0.5, 0.6) is 0 Å². The van der Waals surface area contributed by atoms with Crippen molar-refractivity contribution in [1.29, 1.82) is 0 Å².